The zero-order valence-electron chi connectivity index (χ0n) is 54.0. The highest BCUT2D eigenvalue weighted by atomic mass is 16.8. The van der Waals surface area contributed by atoms with Gasteiger partial charge in [-0.05, 0) is 13.8 Å². The van der Waals surface area contributed by atoms with Gasteiger partial charge in [-0.25, -0.2) is 0 Å². The van der Waals surface area contributed by atoms with Crippen LogP contribution < -0.4 is 21.3 Å². The van der Waals surface area contributed by atoms with Crippen molar-refractivity contribution in [3.8, 4) is 0 Å². The van der Waals surface area contributed by atoms with E-state index in [2.05, 4.69) is 21.3 Å². The normalized spacial score (nSPS) is 49.1. The molecule has 572 valence electrons. The number of aliphatic hydroxyl groups excluding tert-OH is 20. The lowest BCUT2D eigenvalue weighted by Gasteiger charge is -2.52. The maximum Gasteiger partial charge on any atom is 0.217 e. The molecule has 8 aliphatic rings. The van der Waals surface area contributed by atoms with E-state index in [1.165, 1.54) is 13.8 Å². The molecule has 24 N–H and O–H groups in total. The molecule has 8 rings (SSSR count). The standard InChI is InChI=1S/C56H94N4O39/c1-13-29(70)37(78)40(81)53(86-13)95-44-23(11-65)93-52(28(60-18(6)69)46(44)97-56-48(39(80)32(73)20(8-62)91-56)99-54-41(82)38(79)30(71)14(2)87-54)98-47-33(74)21(9-63)90-55(42(47)83)94-43-22(10-64)92-50(26(36(43)77)58-16(4)67)85-12-24-34(75)45(27(49(84)88-24)59-17(5)68)96-51-25(57-15(3)66)35(76)31(72)19(7-61)89-51/h13-14,19-56,61-65,70-84H,7-12H2,1-6H3,(H,57,66)(H,58,67)(H,59,68)(H,60,69)/t13-,14-,19+,20+,21+,22+,23+,24+,25+,26+,27+,28+,29+,30+,31+,32-,33-,34-,35+,36+,37+,38+,39-,40-,41-,42+,43+,44+,45+,46+,47-,48+,49?,50+,51-,52-,53-,54-,55-,56-/m0/s1. The average Bonchev–Trinajstić information content (AvgIpc) is 0.795. The lowest BCUT2D eigenvalue weighted by Crippen LogP contribution is -2.72. The smallest absolute Gasteiger partial charge is 0.217 e. The minimum atomic E-state index is -2.37. The van der Waals surface area contributed by atoms with Crippen LogP contribution in [0, 0.1) is 0 Å². The Morgan fingerprint density at radius 2 is 0.646 bits per heavy atom. The third kappa shape index (κ3) is 18.1. The van der Waals surface area contributed by atoms with Gasteiger partial charge in [0.05, 0.1) is 51.8 Å². The van der Waals surface area contributed by atoms with Crippen LogP contribution in [0.1, 0.15) is 41.5 Å². The van der Waals surface area contributed by atoms with Crippen molar-refractivity contribution < 1.29 is 192 Å². The van der Waals surface area contributed by atoms with E-state index in [0.717, 1.165) is 27.7 Å². The van der Waals surface area contributed by atoms with E-state index in [1.54, 1.807) is 0 Å². The summed E-state index contributed by atoms with van der Waals surface area (Å²) in [5, 5.41) is 231. The Labute approximate surface area is 562 Å². The van der Waals surface area contributed by atoms with Crippen molar-refractivity contribution in [3.63, 3.8) is 0 Å². The first-order chi connectivity index (χ1) is 46.7. The van der Waals surface area contributed by atoms with Crippen LogP contribution in [0.3, 0.4) is 0 Å². The number of rotatable bonds is 24. The molecule has 0 spiro atoms. The number of carbonyl (C=O) groups is 4. The summed E-state index contributed by atoms with van der Waals surface area (Å²) in [6, 6.07) is -7.01. The van der Waals surface area contributed by atoms with Crippen molar-refractivity contribution in [1.82, 2.24) is 21.3 Å². The maximum absolute atomic E-state index is 13.4. The van der Waals surface area contributed by atoms with Crippen LogP contribution in [0.15, 0.2) is 0 Å². The fourth-order valence-corrected chi connectivity index (χ4v) is 12.9. The second-order valence-corrected chi connectivity index (χ2v) is 25.3. The van der Waals surface area contributed by atoms with Gasteiger partial charge in [0, 0.05) is 27.7 Å². The van der Waals surface area contributed by atoms with Crippen LogP contribution in [0.4, 0.5) is 0 Å². The molecule has 8 aliphatic heterocycles. The summed E-state index contributed by atoms with van der Waals surface area (Å²) < 4.78 is 89.3. The first-order valence-electron chi connectivity index (χ1n) is 31.8. The minimum Gasteiger partial charge on any atom is -0.394 e. The van der Waals surface area contributed by atoms with Gasteiger partial charge in [0.1, 0.15) is 183 Å². The summed E-state index contributed by atoms with van der Waals surface area (Å²) in [5.74, 6) is -3.38. The summed E-state index contributed by atoms with van der Waals surface area (Å²) in [4.78, 5) is 50.9. The Kier molecular flexibility index (Phi) is 28.7. The fourth-order valence-electron chi connectivity index (χ4n) is 12.9. The Hall–Kier alpha value is -3.52. The highest BCUT2D eigenvalue weighted by Gasteiger charge is 2.60. The van der Waals surface area contributed by atoms with Gasteiger partial charge in [-0.15, -0.1) is 0 Å². The molecular weight excluding hydrogens is 1350 g/mol. The lowest BCUT2D eigenvalue weighted by molar-refractivity contribution is -0.400. The highest BCUT2D eigenvalue weighted by molar-refractivity contribution is 5.74. The van der Waals surface area contributed by atoms with Gasteiger partial charge in [-0.1, -0.05) is 0 Å². The molecule has 8 fully saturated rings. The molecule has 40 atom stereocenters. The summed E-state index contributed by atoms with van der Waals surface area (Å²) in [6.07, 6.45) is -69.4. The predicted octanol–water partition coefficient (Wildman–Crippen LogP) is -15.8. The summed E-state index contributed by atoms with van der Waals surface area (Å²) in [7, 11) is 0. The molecule has 0 bridgehead atoms. The summed E-state index contributed by atoms with van der Waals surface area (Å²) in [5.41, 5.74) is 0. The first-order valence-corrected chi connectivity index (χ1v) is 31.8. The van der Waals surface area contributed by atoms with E-state index in [0.29, 0.717) is 0 Å². The first kappa shape index (κ1) is 81.2. The van der Waals surface area contributed by atoms with Gasteiger partial charge in [0.25, 0.3) is 0 Å². The predicted molar refractivity (Wildman–Crippen MR) is 308 cm³/mol. The van der Waals surface area contributed by atoms with Crippen LogP contribution >= 0.6 is 0 Å². The van der Waals surface area contributed by atoms with Crippen molar-refractivity contribution in [2.45, 2.75) is 287 Å². The van der Waals surface area contributed by atoms with Gasteiger partial charge in [-0.2, -0.15) is 0 Å². The van der Waals surface area contributed by atoms with Crippen LogP contribution in [0.2, 0.25) is 0 Å². The zero-order chi connectivity index (χ0) is 73.1. The largest absolute Gasteiger partial charge is 0.394 e. The van der Waals surface area contributed by atoms with Crippen molar-refractivity contribution in [2.24, 2.45) is 0 Å². The molecule has 1 unspecified atom stereocenters. The van der Waals surface area contributed by atoms with Crippen molar-refractivity contribution >= 4 is 23.6 Å². The average molecular weight is 1450 g/mol. The quantitative estimate of drug-likeness (QED) is 0.0427. The van der Waals surface area contributed by atoms with Crippen molar-refractivity contribution in [1.29, 1.82) is 0 Å². The maximum atomic E-state index is 13.4. The molecule has 0 aromatic carbocycles. The van der Waals surface area contributed by atoms with E-state index in [4.69, 9.17) is 71.1 Å². The van der Waals surface area contributed by atoms with Crippen LogP contribution in [-0.2, 0) is 90.2 Å². The Bertz CT molecular complexity index is 2600. The van der Waals surface area contributed by atoms with Gasteiger partial charge < -0.3 is 194 Å². The molecule has 43 heteroatoms. The highest BCUT2D eigenvalue weighted by Crippen LogP contribution is 2.39. The third-order valence-corrected chi connectivity index (χ3v) is 18.2. The number of carbonyl (C=O) groups excluding carboxylic acids is 4. The molecular formula is C56H94N4O39. The molecule has 0 aromatic rings. The molecule has 0 saturated carbocycles. The van der Waals surface area contributed by atoms with Crippen molar-refractivity contribution in [2.75, 3.05) is 39.6 Å². The molecule has 8 saturated heterocycles. The fraction of sp³-hybridized carbons (Fsp3) is 0.929. The van der Waals surface area contributed by atoms with E-state index in [1.807, 2.05) is 0 Å². The summed E-state index contributed by atoms with van der Waals surface area (Å²) >= 11 is 0. The number of hydrogen-bond donors (Lipinski definition) is 24. The SMILES string of the molecule is CC(=O)N[C@H]1[C@H](OC[C@H]2OC(O)[C@H](NC(C)=O)[C@@H](O[C@@H]3O[C@H](CO)[C@@H](O)[C@H](O)[C@H]3NC(C)=O)[C@H]2O)O[C@H](CO)[C@@H](O[C@@H]2O[C@H](CO)[C@H](O)[C@H](O[C@@H]3O[C@H](CO)[C@@H](O[C@@H]4O[C@@H](C)[C@@H](O)[C@@H](O)[C@@H]4O)[C@H](O[C@@H]4O[C@H](CO)[C@H](O)[C@H](O)[C@H]4O[C@@H]4O[C@@H](C)[C@@H](O)[C@@H](O)[C@@H]4O)[C@H]3NC(C)=O)[C@H]2O)[C@@H]1O. The summed E-state index contributed by atoms with van der Waals surface area (Å²) in [6.45, 7) is 0.401. The molecule has 43 nitrogen and oxygen atoms in total. The van der Waals surface area contributed by atoms with Crippen LogP contribution in [0.25, 0.3) is 0 Å². The number of nitrogens with one attached hydrogen (secondary N) is 4. The minimum absolute atomic E-state index is 0.758. The Morgan fingerprint density at radius 1 is 0.283 bits per heavy atom. The zero-order valence-corrected chi connectivity index (χ0v) is 54.0. The van der Waals surface area contributed by atoms with E-state index >= 15 is 0 Å². The molecule has 8 heterocycles. The van der Waals surface area contributed by atoms with E-state index < -0.39 is 309 Å². The van der Waals surface area contributed by atoms with Gasteiger partial charge in [-0.3, -0.25) is 19.2 Å². The van der Waals surface area contributed by atoms with Gasteiger partial charge in [0.15, 0.2) is 50.3 Å². The molecule has 4 amide bonds. The van der Waals surface area contributed by atoms with Crippen LogP contribution in [-0.4, -0.2) is 411 Å². The molecule has 0 aliphatic carbocycles. The topological polar surface area (TPSA) is 659 Å². The molecule has 0 aromatic heterocycles. The second-order valence-electron chi connectivity index (χ2n) is 25.3. The third-order valence-electron chi connectivity index (χ3n) is 18.2. The Morgan fingerprint density at radius 3 is 1.17 bits per heavy atom. The van der Waals surface area contributed by atoms with Crippen LogP contribution in [0.5, 0.6) is 0 Å². The Balaban J connectivity index is 1.06. The number of hydrogen-bond acceptors (Lipinski definition) is 39. The van der Waals surface area contributed by atoms with Gasteiger partial charge >= 0.3 is 0 Å². The number of aliphatic hydroxyl groups is 20. The number of ether oxygens (including phenoxy) is 15. The monoisotopic (exact) mass is 1450 g/mol. The van der Waals surface area contributed by atoms with E-state index in [-0.39, 0.29) is 0 Å². The van der Waals surface area contributed by atoms with Gasteiger partial charge in [0.2, 0.25) is 23.6 Å². The van der Waals surface area contributed by atoms with E-state index in [9.17, 15) is 121 Å². The molecule has 99 heavy (non-hydrogen) atoms. The molecule has 0 radical (unpaired) electrons. The second kappa shape index (κ2) is 35.0. The van der Waals surface area contributed by atoms with Crippen molar-refractivity contribution in [3.05, 3.63) is 0 Å². The lowest BCUT2D eigenvalue weighted by atomic mass is 9.93. The number of amides is 4.